The van der Waals surface area contributed by atoms with Crippen molar-refractivity contribution in [2.45, 2.75) is 90.1 Å². The first-order valence-electron chi connectivity index (χ1n) is 12.2. The maximum Gasteiger partial charge on any atom is 0.343 e. The number of esters is 1. The number of hydrogen-bond donors (Lipinski definition) is 0. The summed E-state index contributed by atoms with van der Waals surface area (Å²) in [5.74, 6) is 0.936. The van der Waals surface area contributed by atoms with Gasteiger partial charge in [-0.15, -0.1) is 0 Å². The number of benzene rings is 2. The number of nitriles is 1. The van der Waals surface area contributed by atoms with Crippen molar-refractivity contribution in [1.82, 2.24) is 0 Å². The molecule has 0 aliphatic carbocycles. The highest BCUT2D eigenvalue weighted by Gasteiger charge is 2.21. The van der Waals surface area contributed by atoms with Gasteiger partial charge in [-0.2, -0.15) is 5.26 Å². The van der Waals surface area contributed by atoms with E-state index in [2.05, 4.69) is 13.0 Å². The summed E-state index contributed by atoms with van der Waals surface area (Å²) in [6.07, 6.45) is 15.4. The Morgan fingerprint density at radius 1 is 1.00 bits per heavy atom. The van der Waals surface area contributed by atoms with Gasteiger partial charge in [-0.3, -0.25) is 0 Å². The van der Waals surface area contributed by atoms with Crippen LogP contribution in [0.15, 0.2) is 42.5 Å². The Labute approximate surface area is 192 Å². The number of aryl methyl sites for hydroxylation is 1. The zero-order chi connectivity index (χ0) is 22.6. The number of fused-ring (bicyclic) bond motifs is 1. The summed E-state index contributed by atoms with van der Waals surface area (Å²) < 4.78 is 11.6. The van der Waals surface area contributed by atoms with E-state index in [1.807, 2.05) is 12.1 Å². The molecule has 0 amide bonds. The fourth-order valence-corrected chi connectivity index (χ4v) is 4.22. The number of carbonyl (C=O) groups is 1. The van der Waals surface area contributed by atoms with Crippen molar-refractivity contribution in [1.29, 1.82) is 5.26 Å². The van der Waals surface area contributed by atoms with Crippen LogP contribution in [-0.2, 0) is 6.42 Å². The molecule has 3 rings (SSSR count). The van der Waals surface area contributed by atoms with Crippen molar-refractivity contribution >= 4 is 5.97 Å². The number of nitrogens with zero attached hydrogens (tertiary/aromatic N) is 1. The van der Waals surface area contributed by atoms with Gasteiger partial charge < -0.3 is 9.47 Å². The fraction of sp³-hybridized carbons (Fsp3) is 0.500. The minimum absolute atomic E-state index is 0.281. The average molecular weight is 434 g/mol. The third kappa shape index (κ3) is 7.41. The van der Waals surface area contributed by atoms with Crippen molar-refractivity contribution in [3.63, 3.8) is 0 Å². The van der Waals surface area contributed by atoms with E-state index in [1.54, 1.807) is 30.3 Å². The molecule has 32 heavy (non-hydrogen) atoms. The Morgan fingerprint density at radius 2 is 1.69 bits per heavy atom. The molecule has 0 saturated heterocycles. The van der Waals surface area contributed by atoms with Crippen LogP contribution in [0.2, 0.25) is 0 Å². The zero-order valence-corrected chi connectivity index (χ0v) is 19.3. The smallest absolute Gasteiger partial charge is 0.343 e. The molecule has 4 nitrogen and oxygen atoms in total. The lowest BCUT2D eigenvalue weighted by atomic mass is 9.97. The molecule has 0 radical (unpaired) electrons. The van der Waals surface area contributed by atoms with Crippen molar-refractivity contribution in [3.05, 3.63) is 59.2 Å². The number of rotatable bonds is 12. The highest BCUT2D eigenvalue weighted by molar-refractivity contribution is 5.91. The molecule has 2 aromatic carbocycles. The Kier molecular flexibility index (Phi) is 9.62. The third-order valence-electron chi connectivity index (χ3n) is 6.15. The first-order chi connectivity index (χ1) is 15.7. The van der Waals surface area contributed by atoms with Crippen LogP contribution in [0.1, 0.15) is 99.0 Å². The number of hydrogen-bond acceptors (Lipinski definition) is 4. The second kappa shape index (κ2) is 12.9. The highest BCUT2D eigenvalue weighted by atomic mass is 16.5. The summed E-state index contributed by atoms with van der Waals surface area (Å²) in [7, 11) is 0. The Balaban J connectivity index is 1.40. The predicted octanol–water partition coefficient (Wildman–Crippen LogP) is 7.39. The van der Waals surface area contributed by atoms with Crippen molar-refractivity contribution in [2.24, 2.45) is 0 Å². The van der Waals surface area contributed by atoms with Gasteiger partial charge in [0, 0.05) is 0 Å². The summed E-state index contributed by atoms with van der Waals surface area (Å²) in [5, 5.41) is 8.87. The Hall–Kier alpha value is -2.80. The van der Waals surface area contributed by atoms with Crippen LogP contribution in [-0.4, -0.2) is 12.1 Å². The quantitative estimate of drug-likeness (QED) is 0.199. The van der Waals surface area contributed by atoms with E-state index in [4.69, 9.17) is 14.7 Å². The van der Waals surface area contributed by atoms with Gasteiger partial charge in [-0.1, -0.05) is 58.3 Å². The van der Waals surface area contributed by atoms with Crippen LogP contribution >= 0.6 is 0 Å². The number of carbonyl (C=O) groups excluding carboxylic acids is 1. The number of unbranched alkanes of at least 4 members (excludes halogenated alkanes) is 8. The van der Waals surface area contributed by atoms with E-state index >= 15 is 0 Å². The lowest BCUT2D eigenvalue weighted by molar-refractivity contribution is 0.0734. The molecule has 4 heteroatoms. The summed E-state index contributed by atoms with van der Waals surface area (Å²) in [4.78, 5) is 12.5. The topological polar surface area (TPSA) is 59.3 Å². The van der Waals surface area contributed by atoms with Gasteiger partial charge in [-0.05, 0) is 73.7 Å². The van der Waals surface area contributed by atoms with Crippen molar-refractivity contribution in [3.8, 4) is 17.6 Å². The normalized spacial score (nSPS) is 14.8. The van der Waals surface area contributed by atoms with Crippen molar-refractivity contribution < 1.29 is 14.3 Å². The maximum absolute atomic E-state index is 12.5. The molecule has 0 fully saturated rings. The molecular weight excluding hydrogens is 398 g/mol. The first kappa shape index (κ1) is 23.9. The molecule has 1 heterocycles. The van der Waals surface area contributed by atoms with Crippen molar-refractivity contribution in [2.75, 3.05) is 0 Å². The zero-order valence-electron chi connectivity index (χ0n) is 19.3. The van der Waals surface area contributed by atoms with Crippen LogP contribution in [0.5, 0.6) is 11.5 Å². The maximum atomic E-state index is 12.5. The van der Waals surface area contributed by atoms with Gasteiger partial charge in [0.15, 0.2) is 0 Å². The Bertz CT molecular complexity index is 898. The van der Waals surface area contributed by atoms with Crippen LogP contribution in [0.4, 0.5) is 0 Å². The summed E-state index contributed by atoms with van der Waals surface area (Å²) in [5.41, 5.74) is 2.13. The molecule has 0 aromatic heterocycles. The van der Waals surface area contributed by atoms with Crippen LogP contribution in [0, 0.1) is 11.3 Å². The van der Waals surface area contributed by atoms with Crippen LogP contribution < -0.4 is 9.47 Å². The molecule has 0 unspecified atom stereocenters. The van der Waals surface area contributed by atoms with E-state index in [0.717, 1.165) is 30.6 Å². The molecule has 1 aliphatic heterocycles. The lowest BCUT2D eigenvalue weighted by Gasteiger charge is -2.26. The molecule has 0 spiro atoms. The molecule has 0 saturated carbocycles. The van der Waals surface area contributed by atoms with E-state index < -0.39 is 5.97 Å². The molecule has 1 atom stereocenters. The van der Waals surface area contributed by atoms with Gasteiger partial charge in [0.2, 0.25) is 0 Å². The van der Waals surface area contributed by atoms with Gasteiger partial charge >= 0.3 is 5.97 Å². The van der Waals surface area contributed by atoms with Gasteiger partial charge in [0.1, 0.15) is 11.5 Å². The van der Waals surface area contributed by atoms with E-state index in [0.29, 0.717) is 16.9 Å². The summed E-state index contributed by atoms with van der Waals surface area (Å²) in [6, 6.07) is 14.1. The monoisotopic (exact) mass is 433 g/mol. The summed E-state index contributed by atoms with van der Waals surface area (Å²) >= 11 is 0. The molecule has 0 N–H and O–H groups in total. The summed E-state index contributed by atoms with van der Waals surface area (Å²) in [6.45, 7) is 2.26. The van der Waals surface area contributed by atoms with Gasteiger partial charge in [-0.25, -0.2) is 4.79 Å². The Morgan fingerprint density at radius 3 is 2.38 bits per heavy atom. The van der Waals surface area contributed by atoms with Crippen LogP contribution in [0.25, 0.3) is 0 Å². The van der Waals surface area contributed by atoms with E-state index in [-0.39, 0.29) is 6.10 Å². The highest BCUT2D eigenvalue weighted by Crippen LogP contribution is 2.31. The minimum Gasteiger partial charge on any atom is -0.490 e. The van der Waals surface area contributed by atoms with Crippen LogP contribution in [0.3, 0.4) is 0 Å². The van der Waals surface area contributed by atoms with E-state index in [1.165, 1.54) is 57.8 Å². The lowest BCUT2D eigenvalue weighted by Crippen LogP contribution is -2.23. The second-order valence-electron chi connectivity index (χ2n) is 8.74. The second-order valence-corrected chi connectivity index (χ2v) is 8.74. The van der Waals surface area contributed by atoms with E-state index in [9.17, 15) is 4.79 Å². The van der Waals surface area contributed by atoms with Gasteiger partial charge in [0.25, 0.3) is 0 Å². The SMILES string of the molecule is CCCCCCCCCCC[C@H]1CCc2cc(C(=O)Oc3ccc(C#N)cc3)ccc2O1. The molecule has 1 aliphatic rings. The predicted molar refractivity (Wildman–Crippen MR) is 127 cm³/mol. The standard InChI is InChI=1S/C28H35NO3/c1-2-3-4-5-6-7-8-9-10-11-25-18-14-23-20-24(15-19-27(23)31-25)28(30)32-26-16-12-22(21-29)13-17-26/h12-13,15-17,19-20,25H,2-11,14,18H2,1H3/t25-/m0/s1. The number of ether oxygens (including phenoxy) is 2. The third-order valence-corrected chi connectivity index (χ3v) is 6.15. The average Bonchev–Trinajstić information content (AvgIpc) is 2.83. The van der Waals surface area contributed by atoms with Gasteiger partial charge in [0.05, 0.1) is 23.3 Å². The molecule has 0 bridgehead atoms. The first-order valence-corrected chi connectivity index (χ1v) is 12.2. The minimum atomic E-state index is -0.394. The largest absolute Gasteiger partial charge is 0.490 e. The molecule has 170 valence electrons. The fourth-order valence-electron chi connectivity index (χ4n) is 4.22. The molecule has 2 aromatic rings. The molecular formula is C28H35NO3.